The SMILES string of the molecule is FC(F)(F)C1=CCSCC1. The Morgan fingerprint density at radius 2 is 2.10 bits per heavy atom. The average Bonchev–Trinajstić information content (AvgIpc) is 1.88. The molecule has 58 valence electrons. The number of halogens is 3. The van der Waals surface area contributed by atoms with Crippen LogP contribution in [0.15, 0.2) is 11.6 Å². The van der Waals surface area contributed by atoms with Crippen LogP contribution in [0.4, 0.5) is 13.2 Å². The fourth-order valence-corrected chi connectivity index (χ4v) is 1.63. The average molecular weight is 168 g/mol. The van der Waals surface area contributed by atoms with Gasteiger partial charge in [-0.15, -0.1) is 0 Å². The summed E-state index contributed by atoms with van der Waals surface area (Å²) in [5, 5.41) is 0. The zero-order valence-electron chi connectivity index (χ0n) is 5.24. The molecule has 0 unspecified atom stereocenters. The van der Waals surface area contributed by atoms with Crippen LogP contribution in [0.25, 0.3) is 0 Å². The molecule has 0 amide bonds. The zero-order chi connectivity index (χ0) is 7.61. The molecule has 0 nitrogen and oxygen atoms in total. The van der Waals surface area contributed by atoms with Crippen LogP contribution < -0.4 is 0 Å². The molecular weight excluding hydrogens is 161 g/mol. The highest BCUT2D eigenvalue weighted by molar-refractivity contribution is 7.99. The quantitative estimate of drug-likeness (QED) is 0.501. The van der Waals surface area contributed by atoms with Crippen LogP contribution >= 0.6 is 11.8 Å². The Hall–Kier alpha value is -0.120. The molecule has 1 rings (SSSR count). The molecule has 1 aliphatic rings. The van der Waals surface area contributed by atoms with Gasteiger partial charge in [0.05, 0.1) is 0 Å². The Morgan fingerprint density at radius 3 is 2.40 bits per heavy atom. The van der Waals surface area contributed by atoms with Crippen molar-refractivity contribution in [3.05, 3.63) is 11.6 Å². The molecule has 0 spiro atoms. The Kier molecular flexibility index (Phi) is 2.28. The standard InChI is InChI=1S/C6H7F3S/c7-6(8,9)5-1-3-10-4-2-5/h1H,2-4H2. The Balaban J connectivity index is 2.62. The molecule has 1 aliphatic heterocycles. The van der Waals surface area contributed by atoms with Gasteiger partial charge in [-0.05, 0) is 12.2 Å². The van der Waals surface area contributed by atoms with Crippen LogP contribution in [0.2, 0.25) is 0 Å². The van der Waals surface area contributed by atoms with Gasteiger partial charge in [-0.25, -0.2) is 0 Å². The van der Waals surface area contributed by atoms with Crippen molar-refractivity contribution in [2.45, 2.75) is 12.6 Å². The first kappa shape index (κ1) is 7.98. The summed E-state index contributed by atoms with van der Waals surface area (Å²) in [6.07, 6.45) is -2.64. The summed E-state index contributed by atoms with van der Waals surface area (Å²) >= 11 is 1.54. The van der Waals surface area contributed by atoms with Gasteiger partial charge in [0, 0.05) is 11.3 Å². The van der Waals surface area contributed by atoms with E-state index >= 15 is 0 Å². The second-order valence-corrected chi connectivity index (χ2v) is 3.20. The van der Waals surface area contributed by atoms with E-state index < -0.39 is 6.18 Å². The molecule has 0 N–H and O–H groups in total. The predicted octanol–water partition coefficient (Wildman–Crippen LogP) is 2.61. The van der Waals surface area contributed by atoms with Gasteiger partial charge in [0.2, 0.25) is 0 Å². The van der Waals surface area contributed by atoms with Crippen LogP contribution in [0.1, 0.15) is 6.42 Å². The summed E-state index contributed by atoms with van der Waals surface area (Å²) in [6, 6.07) is 0. The first-order chi connectivity index (χ1) is 4.61. The van der Waals surface area contributed by atoms with Crippen molar-refractivity contribution >= 4 is 11.8 Å². The monoisotopic (exact) mass is 168 g/mol. The van der Waals surface area contributed by atoms with Crippen LogP contribution in [-0.2, 0) is 0 Å². The molecule has 1 heterocycles. The maximum atomic E-state index is 11.9. The third kappa shape index (κ3) is 1.94. The highest BCUT2D eigenvalue weighted by atomic mass is 32.2. The van der Waals surface area contributed by atoms with Gasteiger partial charge < -0.3 is 0 Å². The molecule has 0 saturated carbocycles. The van der Waals surface area contributed by atoms with Crippen LogP contribution in [0.5, 0.6) is 0 Å². The summed E-state index contributed by atoms with van der Waals surface area (Å²) in [5.41, 5.74) is -0.355. The lowest BCUT2D eigenvalue weighted by Crippen LogP contribution is -2.15. The van der Waals surface area contributed by atoms with Gasteiger partial charge in [-0.1, -0.05) is 6.08 Å². The minimum absolute atomic E-state index is 0.175. The summed E-state index contributed by atoms with van der Waals surface area (Å²) in [6.45, 7) is 0. The lowest BCUT2D eigenvalue weighted by molar-refractivity contribution is -0.0936. The smallest absolute Gasteiger partial charge is 0.166 e. The number of hydrogen-bond donors (Lipinski definition) is 0. The molecule has 0 fully saturated rings. The van der Waals surface area contributed by atoms with E-state index in [1.165, 1.54) is 17.8 Å². The summed E-state index contributed by atoms with van der Waals surface area (Å²) < 4.78 is 35.6. The highest BCUT2D eigenvalue weighted by Gasteiger charge is 2.33. The number of thioether (sulfide) groups is 1. The number of alkyl halides is 3. The highest BCUT2D eigenvalue weighted by Crippen LogP contribution is 2.31. The Labute approximate surface area is 61.5 Å². The van der Waals surface area contributed by atoms with Crippen molar-refractivity contribution in [3.8, 4) is 0 Å². The van der Waals surface area contributed by atoms with Crippen molar-refractivity contribution in [2.75, 3.05) is 11.5 Å². The minimum atomic E-state index is -4.08. The van der Waals surface area contributed by atoms with Gasteiger partial charge >= 0.3 is 6.18 Å². The van der Waals surface area contributed by atoms with E-state index in [-0.39, 0.29) is 12.0 Å². The molecular formula is C6H7F3S. The second kappa shape index (κ2) is 2.86. The molecule has 4 heteroatoms. The molecule has 0 aromatic heterocycles. The van der Waals surface area contributed by atoms with E-state index in [9.17, 15) is 13.2 Å². The van der Waals surface area contributed by atoms with Gasteiger partial charge in [-0.2, -0.15) is 24.9 Å². The molecule has 10 heavy (non-hydrogen) atoms. The molecule has 0 aromatic carbocycles. The number of rotatable bonds is 0. The second-order valence-electron chi connectivity index (χ2n) is 2.05. The molecule has 0 atom stereocenters. The van der Waals surface area contributed by atoms with Crippen molar-refractivity contribution in [3.63, 3.8) is 0 Å². The maximum Gasteiger partial charge on any atom is 0.412 e. The van der Waals surface area contributed by atoms with Crippen LogP contribution in [0, 0.1) is 0 Å². The third-order valence-electron chi connectivity index (χ3n) is 1.33. The van der Waals surface area contributed by atoms with E-state index in [4.69, 9.17) is 0 Å². The van der Waals surface area contributed by atoms with Gasteiger partial charge in [0.1, 0.15) is 0 Å². The van der Waals surface area contributed by atoms with Gasteiger partial charge in [0.15, 0.2) is 0 Å². The third-order valence-corrected chi connectivity index (χ3v) is 2.22. The number of hydrogen-bond acceptors (Lipinski definition) is 1. The van der Waals surface area contributed by atoms with E-state index in [0.717, 1.165) is 0 Å². The predicted molar refractivity (Wildman–Crippen MR) is 36.1 cm³/mol. The summed E-state index contributed by atoms with van der Waals surface area (Å²) in [4.78, 5) is 0. The van der Waals surface area contributed by atoms with Crippen molar-refractivity contribution in [1.82, 2.24) is 0 Å². The first-order valence-corrected chi connectivity index (χ1v) is 4.10. The lowest BCUT2D eigenvalue weighted by Gasteiger charge is -2.14. The number of allylic oxidation sites excluding steroid dienone is 1. The van der Waals surface area contributed by atoms with Crippen LogP contribution in [0.3, 0.4) is 0 Å². The largest absolute Gasteiger partial charge is 0.412 e. The van der Waals surface area contributed by atoms with Crippen molar-refractivity contribution in [2.24, 2.45) is 0 Å². The fourth-order valence-electron chi connectivity index (χ4n) is 0.785. The van der Waals surface area contributed by atoms with Crippen molar-refractivity contribution < 1.29 is 13.2 Å². The Morgan fingerprint density at radius 1 is 1.40 bits per heavy atom. The molecule has 0 aliphatic carbocycles. The zero-order valence-corrected chi connectivity index (χ0v) is 6.06. The Bertz CT molecular complexity index is 148. The van der Waals surface area contributed by atoms with E-state index in [1.54, 1.807) is 0 Å². The van der Waals surface area contributed by atoms with Crippen LogP contribution in [-0.4, -0.2) is 17.7 Å². The van der Waals surface area contributed by atoms with E-state index in [2.05, 4.69) is 0 Å². The maximum absolute atomic E-state index is 11.9. The molecule has 0 radical (unpaired) electrons. The lowest BCUT2D eigenvalue weighted by atomic mass is 10.2. The summed E-state index contributed by atoms with van der Waals surface area (Å²) in [7, 11) is 0. The van der Waals surface area contributed by atoms with E-state index in [0.29, 0.717) is 11.5 Å². The van der Waals surface area contributed by atoms with Gasteiger partial charge in [0.25, 0.3) is 0 Å². The molecule has 0 bridgehead atoms. The minimum Gasteiger partial charge on any atom is -0.166 e. The first-order valence-electron chi connectivity index (χ1n) is 2.94. The molecule has 0 saturated heterocycles. The van der Waals surface area contributed by atoms with Crippen molar-refractivity contribution in [1.29, 1.82) is 0 Å². The normalized spacial score (nSPS) is 20.5. The van der Waals surface area contributed by atoms with Gasteiger partial charge in [-0.3, -0.25) is 0 Å². The van der Waals surface area contributed by atoms with E-state index in [1.807, 2.05) is 0 Å². The fraction of sp³-hybridized carbons (Fsp3) is 0.667. The molecule has 0 aromatic rings. The topological polar surface area (TPSA) is 0 Å². The summed E-state index contributed by atoms with van der Waals surface area (Å²) in [5.74, 6) is 1.11.